The van der Waals surface area contributed by atoms with Gasteiger partial charge in [-0.15, -0.1) is 0 Å². The van der Waals surface area contributed by atoms with Crippen molar-refractivity contribution in [1.82, 2.24) is 0 Å². The van der Waals surface area contributed by atoms with Crippen molar-refractivity contribution in [3.8, 4) is 0 Å². The first-order valence-electron chi connectivity index (χ1n) is 0. The maximum atomic E-state index is 0. The minimum atomic E-state index is 0. The van der Waals surface area contributed by atoms with Crippen molar-refractivity contribution in [2.75, 3.05) is 0 Å². The topological polar surface area (TPSA) is 28.5 Å². The average Bonchev–Trinajstić information content (AvgIpc) is 0. The van der Waals surface area contributed by atoms with E-state index >= 15 is 0 Å². The van der Waals surface area contributed by atoms with Crippen LogP contribution >= 0.6 is 0 Å². The Kier molecular flexibility index (Phi) is 195. The van der Waals surface area contributed by atoms with Crippen LogP contribution in [-0.4, -0.2) is 0 Å². The van der Waals surface area contributed by atoms with E-state index in [2.05, 4.69) is 0 Å². The summed E-state index contributed by atoms with van der Waals surface area (Å²) in [6.45, 7) is 0. The van der Waals surface area contributed by atoms with Crippen LogP contribution in [0.4, 0.5) is 0 Å². The Morgan fingerprint density at radius 3 is 1.00 bits per heavy atom. The van der Waals surface area contributed by atoms with E-state index in [0.29, 0.717) is 0 Å². The van der Waals surface area contributed by atoms with Crippen LogP contribution in [0, 0.1) is 0 Å². The molecule has 0 aromatic heterocycles. The summed E-state index contributed by atoms with van der Waals surface area (Å²) < 4.78 is 0. The van der Waals surface area contributed by atoms with E-state index in [4.69, 9.17) is 0 Å². The largest absolute Gasteiger partial charge is 4.00 e. The molecule has 0 aliphatic heterocycles. The van der Waals surface area contributed by atoms with Gasteiger partial charge in [0.1, 0.15) is 0 Å². The van der Waals surface area contributed by atoms with Crippen molar-refractivity contribution in [2.45, 2.75) is 0 Å². The summed E-state index contributed by atoms with van der Waals surface area (Å²) in [4.78, 5) is 0. The van der Waals surface area contributed by atoms with Crippen molar-refractivity contribution in [3.05, 3.63) is 0 Å². The molecule has 4 heteroatoms. The van der Waals surface area contributed by atoms with Gasteiger partial charge in [0.05, 0.1) is 0 Å². The van der Waals surface area contributed by atoms with E-state index in [1.807, 2.05) is 0 Å². The second kappa shape index (κ2) is 20.3. The molecule has 0 radical (unpaired) electrons. The van der Waals surface area contributed by atoms with Gasteiger partial charge >= 0.3 is 49.0 Å². The molecule has 16 valence electrons. The van der Waals surface area contributed by atoms with Crippen molar-refractivity contribution < 1.29 is 54.5 Å². The molecule has 0 saturated heterocycles. The van der Waals surface area contributed by atoms with E-state index < -0.39 is 0 Å². The Bertz CT molecular complexity index is 8.00. The van der Waals surface area contributed by atoms with Gasteiger partial charge in [0.2, 0.25) is 0 Å². The molecule has 0 bridgehead atoms. The summed E-state index contributed by atoms with van der Waals surface area (Å²) in [5.74, 6) is 0. The molecule has 0 aliphatic rings. The van der Waals surface area contributed by atoms with Gasteiger partial charge in [-0.3, -0.25) is 0 Å². The minimum Gasteiger partial charge on any atom is -2.00 e. The van der Waals surface area contributed by atoms with Crippen LogP contribution in [0.1, 0.15) is 0 Å². The quantitative estimate of drug-likeness (QED) is 0.496. The molecule has 0 unspecified atom stereocenters. The molecule has 0 aromatic rings. The summed E-state index contributed by atoms with van der Waals surface area (Å²) in [5.41, 5.74) is 0. The number of hydrogen-bond acceptors (Lipinski definition) is 0. The van der Waals surface area contributed by atoms with Gasteiger partial charge < -0.3 is 19.0 Å². The average molecular weight is 208 g/mol. The van der Waals surface area contributed by atoms with E-state index in [1.165, 1.54) is 0 Å². The Balaban J connectivity index is 0. The first-order valence-corrected chi connectivity index (χ1v) is 0. The SMILES string of the molecule is [Cd+2].[O-2].[S-2].[Ti+4]. The zero-order valence-electron chi connectivity index (χ0n) is 2.02. The Hall–Kier alpha value is 1.95. The van der Waals surface area contributed by atoms with E-state index in [9.17, 15) is 0 Å². The fraction of sp³-hybridized carbons (Fsp3) is 0. The fourth-order valence-electron chi connectivity index (χ4n) is 0. The number of hydrogen-bond donors (Lipinski definition) is 0. The van der Waals surface area contributed by atoms with Gasteiger partial charge in [0.15, 0.2) is 0 Å². The van der Waals surface area contributed by atoms with Crippen LogP contribution in [0.3, 0.4) is 0 Å². The van der Waals surface area contributed by atoms with Crippen LogP contribution in [-0.2, 0) is 68.0 Å². The zero-order valence-corrected chi connectivity index (χ0v) is 8.44. The van der Waals surface area contributed by atoms with Gasteiger partial charge in [0.25, 0.3) is 0 Å². The third-order valence-electron chi connectivity index (χ3n) is 0. The van der Waals surface area contributed by atoms with Crippen LogP contribution in [0.5, 0.6) is 0 Å². The predicted molar refractivity (Wildman–Crippen MR) is 8.05 cm³/mol. The molecule has 0 saturated carbocycles. The molecule has 0 amide bonds. The molecule has 1 nitrogen and oxygen atoms in total. The van der Waals surface area contributed by atoms with Gasteiger partial charge in [-0.2, -0.15) is 0 Å². The molecule has 4 heavy (non-hydrogen) atoms. The Morgan fingerprint density at radius 2 is 1.00 bits per heavy atom. The van der Waals surface area contributed by atoms with Gasteiger partial charge in [-0.05, 0) is 0 Å². The standard InChI is InChI=1S/Cd.O.S.Ti/q+2;2*-2;+4. The van der Waals surface area contributed by atoms with Crippen LogP contribution in [0.2, 0.25) is 0 Å². The number of rotatable bonds is 0. The zero-order chi connectivity index (χ0) is 0. The smallest absolute Gasteiger partial charge is 2.00 e. The van der Waals surface area contributed by atoms with E-state index in [0.717, 1.165) is 0 Å². The van der Waals surface area contributed by atoms with E-state index in [-0.39, 0.29) is 68.0 Å². The minimum absolute atomic E-state index is 0. The summed E-state index contributed by atoms with van der Waals surface area (Å²) in [6.07, 6.45) is 0. The molecule has 0 spiro atoms. The maximum absolute atomic E-state index is 0. The summed E-state index contributed by atoms with van der Waals surface area (Å²) >= 11 is 0. The predicted octanol–water partition coefficient (Wildman–Crippen LogP) is -0.126. The maximum Gasteiger partial charge on any atom is 4.00 e. The van der Waals surface area contributed by atoms with Crippen molar-refractivity contribution in [2.24, 2.45) is 0 Å². The summed E-state index contributed by atoms with van der Waals surface area (Å²) in [6, 6.07) is 0. The molecule has 0 fully saturated rings. The monoisotopic (exact) mass is 210 g/mol. The van der Waals surface area contributed by atoms with Gasteiger partial charge in [-0.1, -0.05) is 0 Å². The van der Waals surface area contributed by atoms with Crippen LogP contribution in [0.15, 0.2) is 0 Å². The molecule has 0 atom stereocenters. The molecular weight excluding hydrogens is 208 g/mol. The molecule has 0 N–H and O–H groups in total. The van der Waals surface area contributed by atoms with E-state index in [1.54, 1.807) is 0 Å². The summed E-state index contributed by atoms with van der Waals surface area (Å²) in [7, 11) is 0. The first-order chi connectivity index (χ1) is 0. The molecule has 0 rings (SSSR count). The molecular formula is CdOSTi+2. The third-order valence-corrected chi connectivity index (χ3v) is 0. The van der Waals surface area contributed by atoms with Crippen molar-refractivity contribution >= 4 is 13.5 Å². The third kappa shape index (κ3) is 9.04. The van der Waals surface area contributed by atoms with Crippen LogP contribution in [0.25, 0.3) is 0 Å². The second-order valence-corrected chi connectivity index (χ2v) is 0. The van der Waals surface area contributed by atoms with Crippen molar-refractivity contribution in [3.63, 3.8) is 0 Å². The molecule has 0 aromatic carbocycles. The molecule has 0 heterocycles. The first kappa shape index (κ1) is 38.4. The summed E-state index contributed by atoms with van der Waals surface area (Å²) in [5, 5.41) is 0. The fourth-order valence-corrected chi connectivity index (χ4v) is 0. The Labute approximate surface area is 67.3 Å². The van der Waals surface area contributed by atoms with Gasteiger partial charge in [0, 0.05) is 0 Å². The van der Waals surface area contributed by atoms with Gasteiger partial charge in [-0.25, -0.2) is 0 Å². The van der Waals surface area contributed by atoms with Crippen LogP contribution < -0.4 is 0 Å². The second-order valence-electron chi connectivity index (χ2n) is 0. The normalized spacial score (nSPS) is 0. The molecule has 0 aliphatic carbocycles. The Morgan fingerprint density at radius 1 is 1.00 bits per heavy atom. The van der Waals surface area contributed by atoms with Crippen molar-refractivity contribution in [1.29, 1.82) is 0 Å².